The van der Waals surface area contributed by atoms with Crippen molar-refractivity contribution >= 4 is 29.3 Å². The highest BCUT2D eigenvalue weighted by Crippen LogP contribution is 2.25. The van der Waals surface area contributed by atoms with Gasteiger partial charge in [0, 0.05) is 17.8 Å². The van der Waals surface area contributed by atoms with E-state index in [4.69, 9.17) is 16.7 Å². The number of anilines is 1. The molecule has 0 unspecified atom stereocenters. The van der Waals surface area contributed by atoms with Crippen LogP contribution in [0.1, 0.15) is 19.8 Å². The zero-order valence-corrected chi connectivity index (χ0v) is 13.4. The number of hydrogen-bond donors (Lipinski definition) is 3. The number of nitrogens with zero attached hydrogens (tertiary/aromatic N) is 1. The van der Waals surface area contributed by atoms with Gasteiger partial charge in [-0.05, 0) is 37.6 Å². The summed E-state index contributed by atoms with van der Waals surface area (Å²) in [5.41, 5.74) is 0.321. The third-order valence-electron chi connectivity index (χ3n) is 3.89. The Balaban J connectivity index is 1.77. The summed E-state index contributed by atoms with van der Waals surface area (Å²) in [4.78, 5) is 24.5. The summed E-state index contributed by atoms with van der Waals surface area (Å²) < 4.78 is 13.3. The first-order valence-corrected chi connectivity index (χ1v) is 7.75. The highest BCUT2D eigenvalue weighted by Gasteiger charge is 2.34. The number of carboxylic acid groups (broad SMARTS) is 1. The summed E-state index contributed by atoms with van der Waals surface area (Å²) in [6, 6.07) is 3.76. The van der Waals surface area contributed by atoms with E-state index < -0.39 is 17.8 Å². The van der Waals surface area contributed by atoms with E-state index in [2.05, 4.69) is 10.6 Å². The monoisotopic (exact) mass is 343 g/mol. The van der Waals surface area contributed by atoms with Crippen LogP contribution in [0.4, 0.5) is 14.9 Å². The molecule has 1 fully saturated rings. The molecule has 2 amide bonds. The fraction of sp³-hybridized carbons (Fsp3) is 0.467. The molecule has 0 radical (unpaired) electrons. The maximum absolute atomic E-state index is 13.3. The van der Waals surface area contributed by atoms with Gasteiger partial charge >= 0.3 is 12.0 Å². The minimum absolute atomic E-state index is 0.00381. The molecule has 1 aliphatic rings. The molecule has 0 heterocycles. The SMILES string of the molecule is CCN(CC(=O)O)C1CC(NC(=O)Nc2ccc(Cl)c(F)c2)C1. The molecule has 3 N–H and O–H groups in total. The molecule has 0 bridgehead atoms. The van der Waals surface area contributed by atoms with Crippen LogP contribution in [0.3, 0.4) is 0 Å². The fourth-order valence-corrected chi connectivity index (χ4v) is 2.72. The Morgan fingerprint density at radius 1 is 1.43 bits per heavy atom. The number of nitrogens with one attached hydrogen (secondary N) is 2. The highest BCUT2D eigenvalue weighted by molar-refractivity contribution is 6.30. The van der Waals surface area contributed by atoms with Crippen molar-refractivity contribution in [2.24, 2.45) is 0 Å². The van der Waals surface area contributed by atoms with Crippen LogP contribution in [0.25, 0.3) is 0 Å². The molecule has 0 aromatic heterocycles. The van der Waals surface area contributed by atoms with E-state index in [1.165, 1.54) is 12.1 Å². The van der Waals surface area contributed by atoms with Crippen LogP contribution in [0, 0.1) is 5.82 Å². The molecule has 0 saturated heterocycles. The second-order valence-corrected chi connectivity index (χ2v) is 5.91. The number of aliphatic carboxylic acids is 1. The van der Waals surface area contributed by atoms with Crippen LogP contribution in [0.2, 0.25) is 5.02 Å². The summed E-state index contributed by atoms with van der Waals surface area (Å²) in [5, 5.41) is 14.2. The Hall–Kier alpha value is -1.86. The molecule has 0 spiro atoms. The van der Waals surface area contributed by atoms with E-state index in [1.807, 2.05) is 11.8 Å². The third kappa shape index (κ3) is 4.80. The summed E-state index contributed by atoms with van der Waals surface area (Å²) in [5.74, 6) is -1.45. The van der Waals surface area contributed by atoms with Crippen molar-refractivity contribution in [3.8, 4) is 0 Å². The van der Waals surface area contributed by atoms with Crippen molar-refractivity contribution in [3.05, 3.63) is 29.0 Å². The van der Waals surface area contributed by atoms with E-state index in [9.17, 15) is 14.0 Å². The van der Waals surface area contributed by atoms with Gasteiger partial charge in [0.15, 0.2) is 0 Å². The topological polar surface area (TPSA) is 81.7 Å². The number of urea groups is 1. The maximum atomic E-state index is 13.3. The number of amides is 2. The average molecular weight is 344 g/mol. The lowest BCUT2D eigenvalue weighted by Gasteiger charge is -2.42. The highest BCUT2D eigenvalue weighted by atomic mass is 35.5. The Kier molecular flexibility index (Phi) is 5.79. The van der Waals surface area contributed by atoms with E-state index >= 15 is 0 Å². The second-order valence-electron chi connectivity index (χ2n) is 5.51. The molecule has 1 aliphatic carbocycles. The van der Waals surface area contributed by atoms with Crippen molar-refractivity contribution in [1.29, 1.82) is 0 Å². The van der Waals surface area contributed by atoms with Gasteiger partial charge in [-0.25, -0.2) is 9.18 Å². The van der Waals surface area contributed by atoms with Gasteiger partial charge in [-0.1, -0.05) is 18.5 Å². The molecule has 126 valence electrons. The van der Waals surface area contributed by atoms with E-state index in [0.717, 1.165) is 6.07 Å². The number of carbonyl (C=O) groups excluding carboxylic acids is 1. The number of carboxylic acids is 1. The Bertz CT molecular complexity index is 593. The molecular weight excluding hydrogens is 325 g/mol. The predicted molar refractivity (Wildman–Crippen MR) is 85.3 cm³/mol. The summed E-state index contributed by atoms with van der Waals surface area (Å²) in [6.45, 7) is 2.57. The van der Waals surface area contributed by atoms with Gasteiger partial charge < -0.3 is 15.7 Å². The molecule has 0 atom stereocenters. The maximum Gasteiger partial charge on any atom is 0.319 e. The van der Waals surface area contributed by atoms with Gasteiger partial charge in [0.25, 0.3) is 0 Å². The molecule has 23 heavy (non-hydrogen) atoms. The van der Waals surface area contributed by atoms with Gasteiger partial charge in [0.2, 0.25) is 0 Å². The molecule has 1 aromatic rings. The molecule has 1 aromatic carbocycles. The molecule has 6 nitrogen and oxygen atoms in total. The van der Waals surface area contributed by atoms with Gasteiger partial charge in [0.1, 0.15) is 5.82 Å². The lowest BCUT2D eigenvalue weighted by atomic mass is 9.85. The number of halogens is 2. The van der Waals surface area contributed by atoms with E-state index in [1.54, 1.807) is 0 Å². The predicted octanol–water partition coefficient (Wildman–Crippen LogP) is 2.54. The van der Waals surface area contributed by atoms with Crippen LogP contribution < -0.4 is 10.6 Å². The quantitative estimate of drug-likeness (QED) is 0.741. The molecule has 2 rings (SSSR count). The lowest BCUT2D eigenvalue weighted by Crippen LogP contribution is -2.55. The molecule has 8 heteroatoms. The summed E-state index contributed by atoms with van der Waals surface area (Å²) in [6.07, 6.45) is 1.40. The number of carbonyl (C=O) groups is 2. The number of likely N-dealkylation sites (N-methyl/N-ethyl adjacent to an activating group) is 1. The van der Waals surface area contributed by atoms with Crippen LogP contribution in [-0.4, -0.2) is 47.2 Å². The summed E-state index contributed by atoms with van der Waals surface area (Å²) >= 11 is 5.58. The first kappa shape index (κ1) is 17.5. The van der Waals surface area contributed by atoms with Crippen molar-refractivity contribution in [2.75, 3.05) is 18.4 Å². The van der Waals surface area contributed by atoms with Crippen molar-refractivity contribution in [2.45, 2.75) is 31.8 Å². The van der Waals surface area contributed by atoms with Crippen LogP contribution in [-0.2, 0) is 4.79 Å². The Morgan fingerprint density at radius 2 is 2.13 bits per heavy atom. The van der Waals surface area contributed by atoms with Crippen LogP contribution in [0.5, 0.6) is 0 Å². The first-order valence-electron chi connectivity index (χ1n) is 7.37. The molecular formula is C15H19ClFN3O3. The number of hydrogen-bond acceptors (Lipinski definition) is 3. The standard InChI is InChI=1S/C15H19ClFN3O3/c1-2-20(8-14(21)22)11-5-10(6-11)19-15(23)18-9-3-4-12(16)13(17)7-9/h3-4,7,10-11H,2,5-6,8H2,1H3,(H,21,22)(H2,18,19,23). The minimum atomic E-state index is -0.856. The van der Waals surface area contributed by atoms with Crippen LogP contribution >= 0.6 is 11.6 Å². The smallest absolute Gasteiger partial charge is 0.319 e. The first-order chi connectivity index (χ1) is 10.9. The van der Waals surface area contributed by atoms with Gasteiger partial charge in [-0.2, -0.15) is 0 Å². The zero-order valence-electron chi connectivity index (χ0n) is 12.7. The van der Waals surface area contributed by atoms with Crippen LogP contribution in [0.15, 0.2) is 18.2 Å². The minimum Gasteiger partial charge on any atom is -0.480 e. The van der Waals surface area contributed by atoms with Crippen molar-refractivity contribution in [1.82, 2.24) is 10.2 Å². The third-order valence-corrected chi connectivity index (χ3v) is 4.19. The van der Waals surface area contributed by atoms with E-state index in [0.29, 0.717) is 25.1 Å². The Morgan fingerprint density at radius 3 is 2.70 bits per heavy atom. The van der Waals surface area contributed by atoms with E-state index in [-0.39, 0.29) is 23.7 Å². The molecule has 1 saturated carbocycles. The number of rotatable bonds is 6. The van der Waals surface area contributed by atoms with Gasteiger partial charge in [0.05, 0.1) is 11.6 Å². The Labute approximate surface area is 138 Å². The second kappa shape index (κ2) is 7.61. The van der Waals surface area contributed by atoms with Crippen molar-refractivity contribution in [3.63, 3.8) is 0 Å². The fourth-order valence-electron chi connectivity index (χ4n) is 2.60. The number of benzene rings is 1. The average Bonchev–Trinajstić information content (AvgIpc) is 2.44. The van der Waals surface area contributed by atoms with Gasteiger partial charge in [-0.3, -0.25) is 9.69 Å². The summed E-state index contributed by atoms with van der Waals surface area (Å²) in [7, 11) is 0. The lowest BCUT2D eigenvalue weighted by molar-refractivity contribution is -0.139. The van der Waals surface area contributed by atoms with Crippen molar-refractivity contribution < 1.29 is 19.1 Å². The van der Waals surface area contributed by atoms with Gasteiger partial charge in [-0.15, -0.1) is 0 Å². The zero-order chi connectivity index (χ0) is 17.0. The molecule has 0 aliphatic heterocycles. The largest absolute Gasteiger partial charge is 0.480 e. The normalized spacial score (nSPS) is 20.0.